The van der Waals surface area contributed by atoms with Crippen LogP contribution < -0.4 is 15.4 Å². The number of rotatable bonds is 7. The van der Waals surface area contributed by atoms with Gasteiger partial charge in [-0.1, -0.05) is 0 Å². The summed E-state index contributed by atoms with van der Waals surface area (Å²) in [6.07, 6.45) is 3.76. The van der Waals surface area contributed by atoms with Gasteiger partial charge in [-0.2, -0.15) is 5.10 Å². The number of anilines is 1. The molecule has 4 heterocycles. The van der Waals surface area contributed by atoms with Crippen molar-refractivity contribution in [3.63, 3.8) is 0 Å². The number of hydrogen-bond donors (Lipinski definition) is 2. The van der Waals surface area contributed by atoms with E-state index >= 15 is 0 Å². The van der Waals surface area contributed by atoms with Crippen molar-refractivity contribution in [3.05, 3.63) is 30.2 Å². The molecule has 5 rings (SSSR count). The van der Waals surface area contributed by atoms with Gasteiger partial charge in [0.2, 0.25) is 5.91 Å². The highest BCUT2D eigenvalue weighted by molar-refractivity contribution is 5.93. The Hall–Kier alpha value is -2.91. The first-order valence-corrected chi connectivity index (χ1v) is 9.72. The molecule has 2 fully saturated rings. The molecule has 3 aromatic rings. The van der Waals surface area contributed by atoms with E-state index in [1.165, 1.54) is 0 Å². The number of carbonyl (C=O) groups is 1. The van der Waals surface area contributed by atoms with Crippen molar-refractivity contribution in [2.24, 2.45) is 5.92 Å². The van der Waals surface area contributed by atoms with Gasteiger partial charge in [0.05, 0.1) is 11.1 Å². The van der Waals surface area contributed by atoms with Crippen LogP contribution in [0, 0.1) is 12.8 Å². The molecule has 1 saturated heterocycles. The summed E-state index contributed by atoms with van der Waals surface area (Å²) in [6.45, 7) is 3.73. The SMILES string of the molecule is COC1(COc2noc(C)c2-c2ccn3nc(NC(=O)C4CC4)cc3c2)CNC1. The van der Waals surface area contributed by atoms with Crippen molar-refractivity contribution in [2.45, 2.75) is 25.4 Å². The molecule has 152 valence electrons. The zero-order valence-corrected chi connectivity index (χ0v) is 16.4. The Morgan fingerprint density at radius 3 is 2.93 bits per heavy atom. The largest absolute Gasteiger partial charge is 0.472 e. The van der Waals surface area contributed by atoms with E-state index in [-0.39, 0.29) is 17.4 Å². The molecule has 9 nitrogen and oxygen atoms in total. The fraction of sp³-hybridized carbons (Fsp3) is 0.450. The molecule has 0 spiro atoms. The van der Waals surface area contributed by atoms with Crippen LogP contribution in [-0.4, -0.2) is 53.1 Å². The third-order valence-corrected chi connectivity index (χ3v) is 5.58. The Morgan fingerprint density at radius 1 is 1.41 bits per heavy atom. The molecule has 0 atom stereocenters. The van der Waals surface area contributed by atoms with Crippen molar-refractivity contribution in [1.82, 2.24) is 20.1 Å². The third kappa shape index (κ3) is 3.36. The van der Waals surface area contributed by atoms with Crippen LogP contribution in [0.5, 0.6) is 5.88 Å². The number of aryl methyl sites for hydroxylation is 1. The van der Waals surface area contributed by atoms with Gasteiger partial charge < -0.3 is 24.6 Å². The number of methoxy groups -OCH3 is 1. The fourth-order valence-electron chi connectivity index (χ4n) is 3.47. The second-order valence-electron chi connectivity index (χ2n) is 7.78. The lowest BCUT2D eigenvalue weighted by Crippen LogP contribution is -2.63. The fourth-order valence-corrected chi connectivity index (χ4v) is 3.47. The number of ether oxygens (including phenoxy) is 2. The van der Waals surface area contributed by atoms with Crippen molar-refractivity contribution in [2.75, 3.05) is 32.1 Å². The Morgan fingerprint density at radius 2 is 2.24 bits per heavy atom. The molecule has 3 aromatic heterocycles. The van der Waals surface area contributed by atoms with Crippen molar-refractivity contribution >= 4 is 17.2 Å². The van der Waals surface area contributed by atoms with E-state index in [1.54, 1.807) is 11.6 Å². The Balaban J connectivity index is 1.39. The summed E-state index contributed by atoms with van der Waals surface area (Å²) in [6, 6.07) is 5.76. The number of nitrogens with one attached hydrogen (secondary N) is 2. The minimum absolute atomic E-state index is 0.0387. The lowest BCUT2D eigenvalue weighted by Gasteiger charge is -2.40. The normalized spacial score (nSPS) is 17.9. The molecule has 9 heteroatoms. The zero-order chi connectivity index (χ0) is 20.0. The predicted molar refractivity (Wildman–Crippen MR) is 105 cm³/mol. The summed E-state index contributed by atoms with van der Waals surface area (Å²) in [5.41, 5.74) is 2.24. The number of aromatic nitrogens is 3. The average molecular weight is 397 g/mol. The molecule has 1 aliphatic heterocycles. The number of amides is 1. The maximum absolute atomic E-state index is 12.0. The number of hydrogen-bond acceptors (Lipinski definition) is 7. The molecule has 2 N–H and O–H groups in total. The molecule has 29 heavy (non-hydrogen) atoms. The van der Waals surface area contributed by atoms with Crippen molar-refractivity contribution in [3.8, 4) is 17.0 Å². The van der Waals surface area contributed by atoms with Crippen LogP contribution in [0.3, 0.4) is 0 Å². The molecule has 1 aliphatic carbocycles. The molecule has 0 aromatic carbocycles. The summed E-state index contributed by atoms with van der Waals surface area (Å²) < 4.78 is 18.7. The summed E-state index contributed by atoms with van der Waals surface area (Å²) in [7, 11) is 1.69. The summed E-state index contributed by atoms with van der Waals surface area (Å²) >= 11 is 0. The highest BCUT2D eigenvalue weighted by Crippen LogP contribution is 2.35. The maximum atomic E-state index is 12.0. The highest BCUT2D eigenvalue weighted by atomic mass is 16.6. The van der Waals surface area contributed by atoms with E-state index in [1.807, 2.05) is 31.3 Å². The second kappa shape index (κ2) is 6.85. The molecular formula is C20H23N5O4. The molecule has 0 radical (unpaired) electrons. The minimum Gasteiger partial charge on any atom is -0.472 e. The van der Waals surface area contributed by atoms with Crippen LogP contribution in [0.2, 0.25) is 0 Å². The smallest absolute Gasteiger partial charge is 0.262 e. The first-order chi connectivity index (χ1) is 14.1. The van der Waals surface area contributed by atoms with E-state index in [9.17, 15) is 4.79 Å². The van der Waals surface area contributed by atoms with Gasteiger partial charge in [0.1, 0.15) is 18.0 Å². The average Bonchev–Trinajstić information content (AvgIpc) is 3.36. The van der Waals surface area contributed by atoms with Gasteiger partial charge in [-0.25, -0.2) is 4.52 Å². The second-order valence-corrected chi connectivity index (χ2v) is 7.78. The van der Waals surface area contributed by atoms with Crippen molar-refractivity contribution in [1.29, 1.82) is 0 Å². The number of carbonyl (C=O) groups excluding carboxylic acids is 1. The van der Waals surface area contributed by atoms with Gasteiger partial charge in [0.15, 0.2) is 5.82 Å². The standard InChI is InChI=1S/C20H23N5O4/c1-12-17(19(24-29-12)28-11-20(27-2)9-21-10-20)14-5-6-25-15(7-14)8-16(23-25)22-18(26)13-3-4-13/h5-8,13,21H,3-4,9-11H2,1-2H3,(H,22,23,26). The van der Waals surface area contributed by atoms with Crippen LogP contribution in [0.15, 0.2) is 28.9 Å². The van der Waals surface area contributed by atoms with E-state index in [0.29, 0.717) is 24.1 Å². The van der Waals surface area contributed by atoms with E-state index < -0.39 is 0 Å². The monoisotopic (exact) mass is 397 g/mol. The molecule has 0 unspecified atom stereocenters. The van der Waals surface area contributed by atoms with Gasteiger partial charge in [-0.3, -0.25) is 4.79 Å². The third-order valence-electron chi connectivity index (χ3n) is 5.58. The predicted octanol–water partition coefficient (Wildman–Crippen LogP) is 2.01. The van der Waals surface area contributed by atoms with Gasteiger partial charge in [0.25, 0.3) is 5.88 Å². The Kier molecular flexibility index (Phi) is 4.29. The van der Waals surface area contributed by atoms with Gasteiger partial charge >= 0.3 is 0 Å². The van der Waals surface area contributed by atoms with Crippen LogP contribution in [0.1, 0.15) is 18.6 Å². The zero-order valence-electron chi connectivity index (χ0n) is 16.4. The number of fused-ring (bicyclic) bond motifs is 1. The van der Waals surface area contributed by atoms with Gasteiger partial charge in [0, 0.05) is 38.4 Å². The number of nitrogens with zero attached hydrogens (tertiary/aromatic N) is 3. The Labute approximate surface area is 167 Å². The van der Waals surface area contributed by atoms with Gasteiger partial charge in [-0.15, -0.1) is 0 Å². The molecule has 2 aliphatic rings. The molecule has 0 bridgehead atoms. The highest BCUT2D eigenvalue weighted by Gasteiger charge is 2.38. The van der Waals surface area contributed by atoms with Crippen LogP contribution in [-0.2, 0) is 9.53 Å². The van der Waals surface area contributed by atoms with Crippen LogP contribution in [0.4, 0.5) is 5.82 Å². The van der Waals surface area contributed by atoms with Crippen LogP contribution in [0.25, 0.3) is 16.6 Å². The molecule has 1 saturated carbocycles. The minimum atomic E-state index is -0.325. The molecular weight excluding hydrogens is 374 g/mol. The summed E-state index contributed by atoms with van der Waals surface area (Å²) in [5, 5.41) is 14.6. The first-order valence-electron chi connectivity index (χ1n) is 9.72. The lowest BCUT2D eigenvalue weighted by molar-refractivity contribution is -0.117. The molecule has 1 amide bonds. The first kappa shape index (κ1) is 18.1. The summed E-state index contributed by atoms with van der Waals surface area (Å²) in [4.78, 5) is 12.0. The lowest BCUT2D eigenvalue weighted by atomic mass is 9.98. The Bertz CT molecular complexity index is 1060. The number of pyridine rings is 1. The van der Waals surface area contributed by atoms with E-state index in [2.05, 4.69) is 20.9 Å². The quantitative estimate of drug-likeness (QED) is 0.629. The topological polar surface area (TPSA) is 103 Å². The van der Waals surface area contributed by atoms with Crippen LogP contribution >= 0.6 is 0 Å². The van der Waals surface area contributed by atoms with E-state index in [0.717, 1.165) is 42.6 Å². The van der Waals surface area contributed by atoms with E-state index in [4.69, 9.17) is 14.0 Å². The summed E-state index contributed by atoms with van der Waals surface area (Å²) in [5.74, 6) is 1.84. The van der Waals surface area contributed by atoms with Gasteiger partial charge in [-0.05, 0) is 42.6 Å². The maximum Gasteiger partial charge on any atom is 0.262 e. The van der Waals surface area contributed by atoms with Crippen molar-refractivity contribution < 1.29 is 18.8 Å².